The monoisotopic (exact) mass is 296 g/mol. The van der Waals surface area contributed by atoms with Crippen LogP contribution in [0.5, 0.6) is 11.5 Å². The second-order valence-electron chi connectivity index (χ2n) is 5.38. The molecular formula is C18H20N2O2. The van der Waals surface area contributed by atoms with Crippen molar-refractivity contribution < 1.29 is 9.53 Å². The lowest BCUT2D eigenvalue weighted by Crippen LogP contribution is -2.19. The van der Waals surface area contributed by atoms with Crippen LogP contribution in [-0.2, 0) is 4.79 Å². The average Bonchev–Trinajstić information content (AvgIpc) is 2.49. The summed E-state index contributed by atoms with van der Waals surface area (Å²) in [6.07, 6.45) is 2.09. The molecule has 0 aliphatic heterocycles. The highest BCUT2D eigenvalue weighted by atomic mass is 16.5. The van der Waals surface area contributed by atoms with E-state index < -0.39 is 0 Å². The fraction of sp³-hybridized carbons (Fsp3) is 0.222. The molecule has 1 amide bonds. The molecule has 1 N–H and O–H groups in total. The summed E-state index contributed by atoms with van der Waals surface area (Å²) in [5.74, 6) is 1.80. The van der Waals surface area contributed by atoms with Crippen LogP contribution in [0.4, 0.5) is 0 Å². The third-order valence-corrected chi connectivity index (χ3v) is 2.86. The normalized spacial score (nSPS) is 10.9. The zero-order valence-corrected chi connectivity index (χ0v) is 12.8. The summed E-state index contributed by atoms with van der Waals surface area (Å²) < 4.78 is 5.71. The number of rotatable bonds is 6. The summed E-state index contributed by atoms with van der Waals surface area (Å²) in [6.45, 7) is 3.99. The molecule has 0 aliphatic carbocycles. The maximum absolute atomic E-state index is 11.5. The van der Waals surface area contributed by atoms with Gasteiger partial charge < -0.3 is 4.74 Å². The van der Waals surface area contributed by atoms with E-state index in [1.165, 1.54) is 0 Å². The minimum absolute atomic E-state index is 0.0738. The van der Waals surface area contributed by atoms with Gasteiger partial charge >= 0.3 is 0 Å². The number of hydrogen-bond acceptors (Lipinski definition) is 3. The number of carbonyl (C=O) groups is 1. The molecule has 0 fully saturated rings. The summed E-state index contributed by atoms with van der Waals surface area (Å²) in [6, 6.07) is 17.1. The SMILES string of the molecule is CC(C)CC(=O)NN=Cc1ccc(Oc2ccccc2)cc1. The largest absolute Gasteiger partial charge is 0.457 e. The van der Waals surface area contributed by atoms with Gasteiger partial charge in [-0.05, 0) is 47.9 Å². The number of para-hydroxylation sites is 1. The van der Waals surface area contributed by atoms with Gasteiger partial charge in [-0.2, -0.15) is 5.10 Å². The Kier molecular flexibility index (Phi) is 5.72. The smallest absolute Gasteiger partial charge is 0.240 e. The lowest BCUT2D eigenvalue weighted by molar-refractivity contribution is -0.121. The van der Waals surface area contributed by atoms with Crippen LogP contribution in [0.15, 0.2) is 59.7 Å². The van der Waals surface area contributed by atoms with E-state index in [0.717, 1.165) is 17.1 Å². The number of nitrogens with zero attached hydrogens (tertiary/aromatic N) is 1. The maximum atomic E-state index is 11.5. The van der Waals surface area contributed by atoms with E-state index >= 15 is 0 Å². The van der Waals surface area contributed by atoms with Gasteiger partial charge in [-0.25, -0.2) is 5.43 Å². The molecule has 2 aromatic carbocycles. The van der Waals surface area contributed by atoms with Crippen LogP contribution < -0.4 is 10.2 Å². The molecule has 0 bridgehead atoms. The van der Waals surface area contributed by atoms with E-state index in [-0.39, 0.29) is 5.91 Å². The second-order valence-corrected chi connectivity index (χ2v) is 5.38. The number of hydrogen-bond donors (Lipinski definition) is 1. The maximum Gasteiger partial charge on any atom is 0.240 e. The topological polar surface area (TPSA) is 50.7 Å². The van der Waals surface area contributed by atoms with Gasteiger partial charge in [0.25, 0.3) is 0 Å². The van der Waals surface area contributed by atoms with E-state index in [1.54, 1.807) is 6.21 Å². The molecule has 0 aromatic heterocycles. The molecule has 0 aliphatic rings. The predicted octanol–water partition coefficient (Wildman–Crippen LogP) is 3.98. The Morgan fingerprint density at radius 2 is 1.73 bits per heavy atom. The Balaban J connectivity index is 1.88. The van der Waals surface area contributed by atoms with Crippen molar-refractivity contribution in [3.8, 4) is 11.5 Å². The van der Waals surface area contributed by atoms with Crippen molar-refractivity contribution in [3.05, 3.63) is 60.2 Å². The molecule has 22 heavy (non-hydrogen) atoms. The number of ether oxygens (including phenoxy) is 1. The van der Waals surface area contributed by atoms with Crippen LogP contribution in [0.3, 0.4) is 0 Å². The minimum atomic E-state index is -0.0738. The first-order valence-electron chi connectivity index (χ1n) is 7.28. The fourth-order valence-corrected chi connectivity index (χ4v) is 1.84. The Morgan fingerprint density at radius 3 is 2.36 bits per heavy atom. The lowest BCUT2D eigenvalue weighted by Gasteiger charge is -2.05. The first-order valence-corrected chi connectivity index (χ1v) is 7.28. The van der Waals surface area contributed by atoms with Crippen molar-refractivity contribution in [1.29, 1.82) is 0 Å². The van der Waals surface area contributed by atoms with Crippen LogP contribution in [0.2, 0.25) is 0 Å². The van der Waals surface area contributed by atoms with Gasteiger partial charge in [0.2, 0.25) is 5.91 Å². The van der Waals surface area contributed by atoms with Crippen molar-refractivity contribution in [2.24, 2.45) is 11.0 Å². The third-order valence-electron chi connectivity index (χ3n) is 2.86. The standard InChI is InChI=1S/C18H20N2O2/c1-14(2)12-18(21)20-19-13-15-8-10-17(11-9-15)22-16-6-4-3-5-7-16/h3-11,13-14H,12H2,1-2H3,(H,20,21). The molecule has 0 unspecified atom stereocenters. The van der Waals surface area contributed by atoms with Crippen LogP contribution in [-0.4, -0.2) is 12.1 Å². The quantitative estimate of drug-likeness (QED) is 0.647. The molecule has 4 nitrogen and oxygen atoms in total. The van der Waals surface area contributed by atoms with Crippen molar-refractivity contribution in [1.82, 2.24) is 5.43 Å². The van der Waals surface area contributed by atoms with Gasteiger partial charge in [-0.3, -0.25) is 4.79 Å². The van der Waals surface area contributed by atoms with Crippen molar-refractivity contribution in [2.75, 3.05) is 0 Å². The van der Waals surface area contributed by atoms with E-state index in [2.05, 4.69) is 10.5 Å². The molecule has 0 saturated heterocycles. The van der Waals surface area contributed by atoms with Gasteiger partial charge in [0, 0.05) is 6.42 Å². The van der Waals surface area contributed by atoms with Gasteiger partial charge in [-0.1, -0.05) is 32.0 Å². The molecule has 0 atom stereocenters. The Hall–Kier alpha value is -2.62. The summed E-state index contributed by atoms with van der Waals surface area (Å²) in [5, 5.41) is 3.94. The molecule has 2 aromatic rings. The molecule has 4 heteroatoms. The number of amides is 1. The highest BCUT2D eigenvalue weighted by Crippen LogP contribution is 2.20. The van der Waals surface area contributed by atoms with Crippen molar-refractivity contribution >= 4 is 12.1 Å². The first kappa shape index (κ1) is 15.8. The van der Waals surface area contributed by atoms with Crippen LogP contribution in [0, 0.1) is 5.92 Å². The Labute approximate surface area is 130 Å². The summed E-state index contributed by atoms with van der Waals surface area (Å²) in [5.41, 5.74) is 3.41. The zero-order chi connectivity index (χ0) is 15.8. The van der Waals surface area contributed by atoms with E-state index in [0.29, 0.717) is 12.3 Å². The van der Waals surface area contributed by atoms with E-state index in [9.17, 15) is 4.79 Å². The Bertz CT molecular complexity index is 619. The highest BCUT2D eigenvalue weighted by Gasteiger charge is 2.02. The molecule has 0 spiro atoms. The molecule has 0 heterocycles. The summed E-state index contributed by atoms with van der Waals surface area (Å²) in [7, 11) is 0. The zero-order valence-electron chi connectivity index (χ0n) is 12.8. The number of hydrazone groups is 1. The fourth-order valence-electron chi connectivity index (χ4n) is 1.84. The van der Waals surface area contributed by atoms with Crippen LogP contribution >= 0.6 is 0 Å². The predicted molar refractivity (Wildman–Crippen MR) is 88.1 cm³/mol. The summed E-state index contributed by atoms with van der Waals surface area (Å²) >= 11 is 0. The second kappa shape index (κ2) is 7.98. The molecule has 0 saturated carbocycles. The molecular weight excluding hydrogens is 276 g/mol. The molecule has 2 rings (SSSR count). The van der Waals surface area contributed by atoms with Gasteiger partial charge in [0.15, 0.2) is 0 Å². The third kappa shape index (κ3) is 5.40. The highest BCUT2D eigenvalue weighted by molar-refractivity contribution is 5.82. The van der Waals surface area contributed by atoms with Crippen molar-refractivity contribution in [3.63, 3.8) is 0 Å². The minimum Gasteiger partial charge on any atom is -0.457 e. The van der Waals surface area contributed by atoms with Gasteiger partial charge in [0.05, 0.1) is 6.21 Å². The lowest BCUT2D eigenvalue weighted by atomic mass is 10.1. The van der Waals surface area contributed by atoms with Gasteiger partial charge in [0.1, 0.15) is 11.5 Å². The number of benzene rings is 2. The van der Waals surface area contributed by atoms with E-state index in [4.69, 9.17) is 4.74 Å². The van der Waals surface area contributed by atoms with Gasteiger partial charge in [-0.15, -0.1) is 0 Å². The van der Waals surface area contributed by atoms with Crippen LogP contribution in [0.1, 0.15) is 25.8 Å². The van der Waals surface area contributed by atoms with E-state index in [1.807, 2.05) is 68.4 Å². The number of nitrogens with one attached hydrogen (secondary N) is 1. The summed E-state index contributed by atoms with van der Waals surface area (Å²) in [4.78, 5) is 11.5. The molecule has 0 radical (unpaired) electrons. The molecule has 114 valence electrons. The number of carbonyl (C=O) groups excluding carboxylic acids is 1. The average molecular weight is 296 g/mol. The van der Waals surface area contributed by atoms with Crippen LogP contribution in [0.25, 0.3) is 0 Å². The Morgan fingerprint density at radius 1 is 1.09 bits per heavy atom. The van der Waals surface area contributed by atoms with Crippen molar-refractivity contribution in [2.45, 2.75) is 20.3 Å². The first-order chi connectivity index (χ1) is 10.6.